The summed E-state index contributed by atoms with van der Waals surface area (Å²) in [5.41, 5.74) is 16.5. The van der Waals surface area contributed by atoms with Crippen molar-refractivity contribution < 1.29 is 9.47 Å². The van der Waals surface area contributed by atoms with Crippen LogP contribution in [-0.2, 0) is 5.41 Å². The van der Waals surface area contributed by atoms with Gasteiger partial charge < -0.3 is 14.4 Å². The van der Waals surface area contributed by atoms with Crippen LogP contribution in [0.15, 0.2) is 200 Å². The summed E-state index contributed by atoms with van der Waals surface area (Å²) in [5, 5.41) is 0. The highest BCUT2D eigenvalue weighted by Gasteiger charge is 2.53. The van der Waals surface area contributed by atoms with Gasteiger partial charge in [-0.05, 0) is 92.5 Å². The third kappa shape index (κ3) is 4.64. The monoisotopic (exact) mass is 739 g/mol. The molecule has 58 heavy (non-hydrogen) atoms. The van der Waals surface area contributed by atoms with Gasteiger partial charge in [-0.2, -0.15) is 0 Å². The van der Waals surface area contributed by atoms with Crippen molar-refractivity contribution in [3.63, 3.8) is 0 Å². The number of nitrogens with zero attached hydrogens (tertiary/aromatic N) is 1. The van der Waals surface area contributed by atoms with E-state index in [1.54, 1.807) is 0 Å². The molecular weight excluding hydrogens is 707 g/mol. The Bertz CT molecular complexity index is 3030. The van der Waals surface area contributed by atoms with Gasteiger partial charge in [-0.3, -0.25) is 0 Å². The predicted octanol–water partition coefficient (Wildman–Crippen LogP) is 14.3. The van der Waals surface area contributed by atoms with Gasteiger partial charge in [-0.15, -0.1) is 0 Å². The van der Waals surface area contributed by atoms with Crippen LogP contribution in [0.1, 0.15) is 22.3 Å². The molecule has 0 N–H and O–H groups in total. The van der Waals surface area contributed by atoms with Crippen molar-refractivity contribution in [1.29, 1.82) is 0 Å². The Kier molecular flexibility index (Phi) is 7.05. The molecule has 2 aliphatic carbocycles. The summed E-state index contributed by atoms with van der Waals surface area (Å²) >= 11 is 0. The molecule has 1 heterocycles. The van der Waals surface area contributed by atoms with Crippen LogP contribution in [0.2, 0.25) is 0 Å². The van der Waals surface area contributed by atoms with Crippen molar-refractivity contribution in [2.75, 3.05) is 4.90 Å². The van der Waals surface area contributed by atoms with Crippen molar-refractivity contribution >= 4 is 17.1 Å². The Morgan fingerprint density at radius 2 is 0.983 bits per heavy atom. The fraction of sp³-hybridized carbons (Fsp3) is 0.0182. The molecule has 0 saturated carbocycles. The summed E-state index contributed by atoms with van der Waals surface area (Å²) in [5.74, 6) is 2.47. The van der Waals surface area contributed by atoms with E-state index in [-0.39, 0.29) is 0 Å². The SMILES string of the molecule is c1c2c(c3c(c#1)C1(c4ccccc4-c4ccccc41)c1ccccc1-3)Oc1ccc(N(c3ccccc3)c3ccccc3-c3cccc(-c4ccccc4)c3)cc1O2. The fourth-order valence-electron chi connectivity index (χ4n) is 9.56. The summed E-state index contributed by atoms with van der Waals surface area (Å²) in [4.78, 5) is 2.29. The molecule has 0 atom stereocenters. The Labute approximate surface area is 337 Å². The van der Waals surface area contributed by atoms with Crippen LogP contribution in [0.3, 0.4) is 0 Å². The first-order valence-electron chi connectivity index (χ1n) is 19.7. The van der Waals surface area contributed by atoms with Gasteiger partial charge in [0.25, 0.3) is 0 Å². The minimum atomic E-state index is -0.539. The number of para-hydroxylation sites is 2. The number of hydrogen-bond donors (Lipinski definition) is 0. The zero-order valence-electron chi connectivity index (χ0n) is 31.3. The maximum atomic E-state index is 6.96. The topological polar surface area (TPSA) is 21.7 Å². The van der Waals surface area contributed by atoms with Crippen molar-refractivity contribution in [1.82, 2.24) is 0 Å². The zero-order chi connectivity index (χ0) is 38.2. The van der Waals surface area contributed by atoms with Gasteiger partial charge in [0.2, 0.25) is 5.75 Å². The molecule has 3 heteroatoms. The molecule has 1 spiro atoms. The molecule has 270 valence electrons. The van der Waals surface area contributed by atoms with Crippen molar-refractivity contribution in [2.45, 2.75) is 5.41 Å². The Morgan fingerprint density at radius 1 is 0.397 bits per heavy atom. The minimum absolute atomic E-state index is 0.527. The van der Waals surface area contributed by atoms with Gasteiger partial charge in [0.05, 0.1) is 16.8 Å². The first-order valence-corrected chi connectivity index (χ1v) is 19.7. The highest BCUT2D eigenvalue weighted by molar-refractivity contribution is 5.97. The highest BCUT2D eigenvalue weighted by Crippen LogP contribution is 2.65. The highest BCUT2D eigenvalue weighted by atomic mass is 16.6. The van der Waals surface area contributed by atoms with Gasteiger partial charge >= 0.3 is 0 Å². The first kappa shape index (κ1) is 32.4. The van der Waals surface area contributed by atoms with Crippen LogP contribution in [0.5, 0.6) is 23.0 Å². The van der Waals surface area contributed by atoms with Gasteiger partial charge in [0.1, 0.15) is 0 Å². The second-order valence-corrected chi connectivity index (χ2v) is 15.0. The van der Waals surface area contributed by atoms with Gasteiger partial charge in [-0.1, -0.05) is 164 Å². The molecule has 0 aromatic heterocycles. The normalized spacial score (nSPS) is 13.1. The van der Waals surface area contributed by atoms with E-state index >= 15 is 0 Å². The van der Waals surface area contributed by atoms with Crippen molar-refractivity contribution in [3.05, 3.63) is 235 Å². The summed E-state index contributed by atoms with van der Waals surface area (Å²) in [7, 11) is 0. The number of hydrogen-bond acceptors (Lipinski definition) is 3. The third-order valence-electron chi connectivity index (χ3n) is 12.0. The second kappa shape index (κ2) is 12.6. The molecule has 0 saturated heterocycles. The quantitative estimate of drug-likeness (QED) is 0.175. The second-order valence-electron chi connectivity index (χ2n) is 15.0. The van der Waals surface area contributed by atoms with E-state index in [0.717, 1.165) is 44.9 Å². The molecule has 0 unspecified atom stereocenters. The lowest BCUT2D eigenvalue weighted by Gasteiger charge is -2.30. The lowest BCUT2D eigenvalue weighted by Crippen LogP contribution is -2.25. The Hall–Kier alpha value is -7.80. The summed E-state index contributed by atoms with van der Waals surface area (Å²) in [6, 6.07) is 77.9. The molecule has 0 radical (unpaired) electrons. The van der Waals surface area contributed by atoms with Crippen LogP contribution in [-0.4, -0.2) is 0 Å². The van der Waals surface area contributed by atoms with Crippen LogP contribution in [0, 0.1) is 12.1 Å². The molecule has 0 bridgehead atoms. The summed E-state index contributed by atoms with van der Waals surface area (Å²) < 4.78 is 13.8. The molecule has 12 rings (SSSR count). The van der Waals surface area contributed by atoms with Crippen molar-refractivity contribution in [3.8, 4) is 67.5 Å². The standard InChI is InChI=1S/C55H33NO2/c1-3-16-36(17-4-1)37-18-15-19-38(34-37)41-22-10-14-29-49(41)56(39-20-5-2-6-21-39)40-30-32-50-52(35-40)57-51-33-31-48-53(54(51)58-50)44-25-9-13-28-47(44)55(48)45-26-11-7-23-42(45)43-24-8-12-27-46(43)55/h1-30,32,34-35H. The lowest BCUT2D eigenvalue weighted by molar-refractivity contribution is 0.361. The molecular formula is C55H33NO2. The van der Waals surface area contributed by atoms with Crippen LogP contribution in [0.25, 0.3) is 44.5 Å². The predicted molar refractivity (Wildman–Crippen MR) is 233 cm³/mol. The Morgan fingerprint density at radius 3 is 1.72 bits per heavy atom. The van der Waals surface area contributed by atoms with E-state index in [2.05, 4.69) is 205 Å². The molecule has 3 nitrogen and oxygen atoms in total. The number of rotatable bonds is 5. The van der Waals surface area contributed by atoms with E-state index < -0.39 is 5.41 Å². The number of anilines is 3. The number of fused-ring (bicyclic) bond motifs is 13. The van der Waals surface area contributed by atoms with E-state index in [9.17, 15) is 0 Å². The van der Waals surface area contributed by atoms with Crippen LogP contribution in [0.4, 0.5) is 17.1 Å². The third-order valence-corrected chi connectivity index (χ3v) is 12.0. The van der Waals surface area contributed by atoms with Gasteiger partial charge in [0.15, 0.2) is 17.2 Å². The average molecular weight is 740 g/mol. The fourth-order valence-corrected chi connectivity index (χ4v) is 9.56. The maximum absolute atomic E-state index is 6.96. The summed E-state index contributed by atoms with van der Waals surface area (Å²) in [6.45, 7) is 0. The molecule has 0 fully saturated rings. The van der Waals surface area contributed by atoms with E-state index in [0.29, 0.717) is 23.0 Å². The van der Waals surface area contributed by atoms with Gasteiger partial charge in [0, 0.05) is 28.4 Å². The van der Waals surface area contributed by atoms with Gasteiger partial charge in [-0.25, -0.2) is 0 Å². The number of benzene rings is 8. The lowest BCUT2D eigenvalue weighted by atomic mass is 9.71. The average Bonchev–Trinajstić information content (AvgIpc) is 3.77. The molecule has 3 aliphatic rings. The molecule has 9 aromatic rings. The van der Waals surface area contributed by atoms with E-state index in [1.807, 2.05) is 12.1 Å². The minimum Gasteiger partial charge on any atom is -0.448 e. The van der Waals surface area contributed by atoms with E-state index in [4.69, 9.17) is 9.47 Å². The molecule has 9 aromatic carbocycles. The largest absolute Gasteiger partial charge is 0.448 e. The smallest absolute Gasteiger partial charge is 0.221 e. The maximum Gasteiger partial charge on any atom is 0.221 e. The summed E-state index contributed by atoms with van der Waals surface area (Å²) in [6.07, 6.45) is 0. The van der Waals surface area contributed by atoms with Crippen LogP contribution < -0.4 is 14.4 Å². The van der Waals surface area contributed by atoms with Crippen molar-refractivity contribution in [2.24, 2.45) is 0 Å². The molecule has 1 aliphatic heterocycles. The van der Waals surface area contributed by atoms with Crippen LogP contribution >= 0.6 is 0 Å². The Balaban J connectivity index is 0.981. The first-order chi connectivity index (χ1) is 28.8. The number of ether oxygens (including phenoxy) is 2. The van der Waals surface area contributed by atoms with E-state index in [1.165, 1.54) is 38.9 Å². The zero-order valence-corrected chi connectivity index (χ0v) is 31.3. The molecule has 0 amide bonds.